The molecule has 2 saturated heterocycles. The van der Waals surface area contributed by atoms with Gasteiger partial charge in [-0.1, -0.05) is 0 Å². The average Bonchev–Trinajstić information content (AvgIpc) is 3.33. The van der Waals surface area contributed by atoms with Crippen LogP contribution in [-0.4, -0.2) is 70.5 Å². The summed E-state index contributed by atoms with van der Waals surface area (Å²) in [5.74, 6) is 0.374. The molecule has 0 radical (unpaired) electrons. The van der Waals surface area contributed by atoms with Crippen molar-refractivity contribution in [2.75, 3.05) is 31.1 Å². The number of nitrogens with zero attached hydrogens (tertiary/aromatic N) is 4. The van der Waals surface area contributed by atoms with Crippen molar-refractivity contribution in [2.45, 2.75) is 78.4 Å². The lowest BCUT2D eigenvalue weighted by atomic mass is 9.96. The molecular weight excluding hydrogens is 428 g/mol. The van der Waals surface area contributed by atoms with Crippen LogP contribution in [0.15, 0.2) is 5.38 Å². The van der Waals surface area contributed by atoms with E-state index in [0.717, 1.165) is 31.5 Å². The SMILES string of the molecule is CC(C)N(CC1CCCN(C(=O)Cc2csc(N3CCCC3=O)n2)C1)C(=O)OC(C)(C)C. The highest BCUT2D eigenvalue weighted by Crippen LogP contribution is 2.26. The van der Waals surface area contributed by atoms with Crippen molar-refractivity contribution in [3.05, 3.63) is 11.1 Å². The highest BCUT2D eigenvalue weighted by molar-refractivity contribution is 7.14. The molecule has 0 aliphatic carbocycles. The highest BCUT2D eigenvalue weighted by Gasteiger charge is 2.31. The Morgan fingerprint density at radius 2 is 2.03 bits per heavy atom. The number of carbonyl (C=O) groups excluding carboxylic acids is 3. The van der Waals surface area contributed by atoms with Crippen molar-refractivity contribution in [3.63, 3.8) is 0 Å². The summed E-state index contributed by atoms with van der Waals surface area (Å²) in [4.78, 5) is 47.4. The van der Waals surface area contributed by atoms with Crippen LogP contribution in [0.3, 0.4) is 0 Å². The minimum absolute atomic E-state index is 0.0256. The van der Waals surface area contributed by atoms with Gasteiger partial charge in [-0.2, -0.15) is 0 Å². The van der Waals surface area contributed by atoms with Gasteiger partial charge in [-0.15, -0.1) is 11.3 Å². The van der Waals surface area contributed by atoms with Crippen molar-refractivity contribution in [1.82, 2.24) is 14.8 Å². The number of amides is 3. The number of ether oxygens (including phenoxy) is 1. The van der Waals surface area contributed by atoms with E-state index in [0.29, 0.717) is 31.2 Å². The fraction of sp³-hybridized carbons (Fsp3) is 0.739. The van der Waals surface area contributed by atoms with Crippen LogP contribution in [0.5, 0.6) is 0 Å². The second kappa shape index (κ2) is 10.2. The number of likely N-dealkylation sites (tertiary alicyclic amines) is 1. The molecule has 3 amide bonds. The van der Waals surface area contributed by atoms with Crippen LogP contribution in [0.2, 0.25) is 0 Å². The Kier molecular flexibility index (Phi) is 7.79. The van der Waals surface area contributed by atoms with Gasteiger partial charge in [-0.25, -0.2) is 9.78 Å². The predicted octanol–water partition coefficient (Wildman–Crippen LogP) is 3.70. The summed E-state index contributed by atoms with van der Waals surface area (Å²) < 4.78 is 5.58. The summed E-state index contributed by atoms with van der Waals surface area (Å²) in [6.07, 6.45) is 3.26. The molecule has 1 aromatic heterocycles. The number of carbonyl (C=O) groups is 3. The van der Waals surface area contributed by atoms with Crippen molar-refractivity contribution >= 4 is 34.4 Å². The Hall–Kier alpha value is -2.16. The number of hydrogen-bond donors (Lipinski definition) is 0. The second-order valence-corrected chi connectivity index (χ2v) is 10.9. The van der Waals surface area contributed by atoms with E-state index >= 15 is 0 Å². The normalized spacial score (nSPS) is 19.6. The van der Waals surface area contributed by atoms with Crippen LogP contribution in [0.1, 0.15) is 66.0 Å². The van der Waals surface area contributed by atoms with E-state index in [-0.39, 0.29) is 36.3 Å². The van der Waals surface area contributed by atoms with Crippen molar-refractivity contribution in [2.24, 2.45) is 5.92 Å². The Morgan fingerprint density at radius 3 is 2.66 bits per heavy atom. The Balaban J connectivity index is 1.56. The minimum atomic E-state index is -0.537. The molecule has 1 unspecified atom stereocenters. The molecule has 2 fully saturated rings. The average molecular weight is 465 g/mol. The van der Waals surface area contributed by atoms with Crippen LogP contribution in [-0.2, 0) is 20.7 Å². The Morgan fingerprint density at radius 1 is 1.28 bits per heavy atom. The van der Waals surface area contributed by atoms with E-state index in [2.05, 4.69) is 4.98 Å². The fourth-order valence-electron chi connectivity index (χ4n) is 4.15. The van der Waals surface area contributed by atoms with Crippen LogP contribution in [0.25, 0.3) is 0 Å². The number of thiazole rings is 1. The Labute approximate surface area is 194 Å². The van der Waals surface area contributed by atoms with Gasteiger partial charge in [0.15, 0.2) is 5.13 Å². The summed E-state index contributed by atoms with van der Waals surface area (Å²) in [6, 6.07) is 0.0256. The van der Waals surface area contributed by atoms with Gasteiger partial charge in [-0.05, 0) is 59.8 Å². The lowest BCUT2D eigenvalue weighted by Gasteiger charge is -2.37. The standard InChI is InChI=1S/C23H36N4O4S/c1-16(2)27(22(30)31-23(3,4)5)14-17-8-6-10-25(13-17)20(29)12-18-15-32-21(24-18)26-11-7-9-19(26)28/h15-17H,6-14H2,1-5H3. The zero-order valence-electron chi connectivity index (χ0n) is 19.9. The lowest BCUT2D eigenvalue weighted by Crippen LogP contribution is -2.48. The number of anilines is 1. The molecule has 1 aromatic rings. The zero-order chi connectivity index (χ0) is 23.5. The van der Waals surface area contributed by atoms with Gasteiger partial charge >= 0.3 is 6.09 Å². The number of aromatic nitrogens is 1. The largest absolute Gasteiger partial charge is 0.444 e. The van der Waals surface area contributed by atoms with Gasteiger partial charge in [0, 0.05) is 44.0 Å². The summed E-state index contributed by atoms with van der Waals surface area (Å²) >= 11 is 1.42. The molecule has 3 heterocycles. The molecule has 8 nitrogen and oxygen atoms in total. The molecule has 2 aliphatic rings. The monoisotopic (exact) mass is 464 g/mol. The lowest BCUT2D eigenvalue weighted by molar-refractivity contribution is -0.132. The molecule has 0 aromatic carbocycles. The Bertz CT molecular complexity index is 832. The van der Waals surface area contributed by atoms with E-state index in [1.165, 1.54) is 11.3 Å². The van der Waals surface area contributed by atoms with E-state index in [4.69, 9.17) is 4.74 Å². The van der Waals surface area contributed by atoms with Crippen LogP contribution < -0.4 is 4.90 Å². The topological polar surface area (TPSA) is 83.0 Å². The van der Waals surface area contributed by atoms with E-state index < -0.39 is 5.60 Å². The highest BCUT2D eigenvalue weighted by atomic mass is 32.1. The molecule has 9 heteroatoms. The third kappa shape index (κ3) is 6.43. The molecular formula is C23H36N4O4S. The maximum Gasteiger partial charge on any atom is 0.410 e. The number of piperidine rings is 1. The molecule has 3 rings (SSSR count). The van der Waals surface area contributed by atoms with Crippen molar-refractivity contribution in [1.29, 1.82) is 0 Å². The van der Waals surface area contributed by atoms with E-state index in [1.807, 2.05) is 44.9 Å². The summed E-state index contributed by atoms with van der Waals surface area (Å²) in [5.41, 5.74) is 0.180. The maximum atomic E-state index is 13.0. The number of rotatable bonds is 6. The van der Waals surface area contributed by atoms with Gasteiger partial charge in [0.1, 0.15) is 5.60 Å². The van der Waals surface area contributed by atoms with E-state index in [9.17, 15) is 14.4 Å². The second-order valence-electron chi connectivity index (χ2n) is 10.0. The summed E-state index contributed by atoms with van der Waals surface area (Å²) in [7, 11) is 0. The molecule has 0 N–H and O–H groups in total. The first-order valence-corrected chi connectivity index (χ1v) is 12.4. The molecule has 1 atom stereocenters. The minimum Gasteiger partial charge on any atom is -0.444 e. The first kappa shape index (κ1) is 24.5. The molecule has 0 saturated carbocycles. The maximum absolute atomic E-state index is 13.0. The molecule has 32 heavy (non-hydrogen) atoms. The van der Waals surface area contributed by atoms with Gasteiger partial charge in [-0.3, -0.25) is 14.5 Å². The van der Waals surface area contributed by atoms with Crippen LogP contribution in [0.4, 0.5) is 9.93 Å². The van der Waals surface area contributed by atoms with Gasteiger partial charge in [0.25, 0.3) is 0 Å². The summed E-state index contributed by atoms with van der Waals surface area (Å²) in [5, 5.41) is 2.57. The predicted molar refractivity (Wildman–Crippen MR) is 125 cm³/mol. The number of hydrogen-bond acceptors (Lipinski definition) is 6. The third-order valence-corrected chi connectivity index (χ3v) is 6.67. The summed E-state index contributed by atoms with van der Waals surface area (Å²) in [6.45, 7) is 12.2. The quantitative estimate of drug-likeness (QED) is 0.641. The van der Waals surface area contributed by atoms with Crippen LogP contribution >= 0.6 is 11.3 Å². The zero-order valence-corrected chi connectivity index (χ0v) is 20.7. The van der Waals surface area contributed by atoms with Gasteiger partial charge in [0.05, 0.1) is 12.1 Å². The van der Waals surface area contributed by atoms with Crippen LogP contribution in [0, 0.1) is 5.92 Å². The fourth-order valence-corrected chi connectivity index (χ4v) is 5.02. The first-order chi connectivity index (χ1) is 15.0. The van der Waals surface area contributed by atoms with Crippen molar-refractivity contribution < 1.29 is 19.1 Å². The molecule has 2 aliphatic heterocycles. The van der Waals surface area contributed by atoms with Crippen molar-refractivity contribution in [3.8, 4) is 0 Å². The smallest absolute Gasteiger partial charge is 0.410 e. The third-order valence-electron chi connectivity index (χ3n) is 5.75. The first-order valence-electron chi connectivity index (χ1n) is 11.6. The van der Waals surface area contributed by atoms with E-state index in [1.54, 1.807) is 9.80 Å². The van der Waals surface area contributed by atoms with Gasteiger partial charge < -0.3 is 14.5 Å². The molecule has 0 bridgehead atoms. The van der Waals surface area contributed by atoms with Gasteiger partial charge in [0.2, 0.25) is 11.8 Å². The molecule has 178 valence electrons. The molecule has 0 spiro atoms.